The van der Waals surface area contributed by atoms with E-state index in [1.54, 1.807) is 7.11 Å². The van der Waals surface area contributed by atoms with Gasteiger partial charge >= 0.3 is 0 Å². The van der Waals surface area contributed by atoms with E-state index in [4.69, 9.17) is 9.47 Å². The lowest BCUT2D eigenvalue weighted by atomic mass is 9.94. The van der Waals surface area contributed by atoms with Gasteiger partial charge in [0, 0.05) is 12.1 Å². The van der Waals surface area contributed by atoms with Gasteiger partial charge in [-0.25, -0.2) is 0 Å². The molecule has 0 aromatic heterocycles. The molecule has 0 aliphatic carbocycles. The van der Waals surface area contributed by atoms with Crippen LogP contribution in [0, 0.1) is 0 Å². The van der Waals surface area contributed by atoms with Crippen molar-refractivity contribution in [2.45, 2.75) is 38.3 Å². The monoisotopic (exact) mass is 249 g/mol. The van der Waals surface area contributed by atoms with Gasteiger partial charge in [-0.1, -0.05) is 12.1 Å². The smallest absolute Gasteiger partial charge is 0.118 e. The van der Waals surface area contributed by atoms with Crippen molar-refractivity contribution in [3.05, 3.63) is 29.8 Å². The van der Waals surface area contributed by atoms with Crippen LogP contribution in [0.4, 0.5) is 0 Å². The van der Waals surface area contributed by atoms with Gasteiger partial charge in [0.25, 0.3) is 0 Å². The predicted octanol–water partition coefficient (Wildman–Crippen LogP) is 2.39. The van der Waals surface area contributed by atoms with E-state index in [0.717, 1.165) is 31.7 Å². The summed E-state index contributed by atoms with van der Waals surface area (Å²) in [4.78, 5) is 0. The molecule has 18 heavy (non-hydrogen) atoms. The highest BCUT2D eigenvalue weighted by Crippen LogP contribution is 2.24. The molecule has 1 N–H and O–H groups in total. The van der Waals surface area contributed by atoms with E-state index in [9.17, 15) is 0 Å². The summed E-state index contributed by atoms with van der Waals surface area (Å²) < 4.78 is 10.8. The molecule has 1 aliphatic heterocycles. The average molecular weight is 249 g/mol. The molecule has 0 amide bonds. The lowest BCUT2D eigenvalue weighted by Crippen LogP contribution is -2.48. The Morgan fingerprint density at radius 3 is 2.67 bits per heavy atom. The number of hydrogen-bond donors (Lipinski definition) is 1. The summed E-state index contributed by atoms with van der Waals surface area (Å²) in [7, 11) is 1.69. The third-order valence-corrected chi connectivity index (χ3v) is 3.99. The zero-order chi connectivity index (χ0) is 13.0. The van der Waals surface area contributed by atoms with Gasteiger partial charge in [-0.3, -0.25) is 0 Å². The standard InChI is InChI=1S/C15H23NO2/c1-12-15(2,9-11-18-12)16-10-8-13-4-6-14(17-3)7-5-13/h4-7,12,16H,8-11H2,1-3H3. The fourth-order valence-electron chi connectivity index (χ4n) is 2.35. The summed E-state index contributed by atoms with van der Waals surface area (Å²) in [5.41, 5.74) is 1.46. The van der Waals surface area contributed by atoms with Crippen molar-refractivity contribution in [3.63, 3.8) is 0 Å². The van der Waals surface area contributed by atoms with Gasteiger partial charge in [-0.15, -0.1) is 0 Å². The Morgan fingerprint density at radius 2 is 2.11 bits per heavy atom. The average Bonchev–Trinajstić information content (AvgIpc) is 2.71. The lowest BCUT2D eigenvalue weighted by molar-refractivity contribution is 0.0890. The maximum atomic E-state index is 5.62. The molecule has 2 atom stereocenters. The number of ether oxygens (including phenoxy) is 2. The van der Waals surface area contributed by atoms with Crippen LogP contribution < -0.4 is 10.1 Å². The normalized spacial score (nSPS) is 27.4. The van der Waals surface area contributed by atoms with Crippen LogP contribution in [0.15, 0.2) is 24.3 Å². The SMILES string of the molecule is COc1ccc(CCNC2(C)CCOC2C)cc1. The first kappa shape index (κ1) is 13.4. The van der Waals surface area contributed by atoms with E-state index in [1.807, 2.05) is 12.1 Å². The van der Waals surface area contributed by atoms with Crippen molar-refractivity contribution in [2.75, 3.05) is 20.3 Å². The van der Waals surface area contributed by atoms with Crippen molar-refractivity contribution < 1.29 is 9.47 Å². The van der Waals surface area contributed by atoms with Crippen LogP contribution in [0.25, 0.3) is 0 Å². The molecule has 0 radical (unpaired) electrons. The lowest BCUT2D eigenvalue weighted by Gasteiger charge is -2.29. The Bertz CT molecular complexity index is 377. The van der Waals surface area contributed by atoms with Crippen LogP contribution >= 0.6 is 0 Å². The molecule has 3 heteroatoms. The van der Waals surface area contributed by atoms with E-state index in [1.165, 1.54) is 5.56 Å². The fraction of sp³-hybridized carbons (Fsp3) is 0.600. The molecule has 2 rings (SSSR count). The third-order valence-electron chi connectivity index (χ3n) is 3.99. The maximum absolute atomic E-state index is 5.62. The molecule has 100 valence electrons. The first-order valence-corrected chi connectivity index (χ1v) is 6.63. The molecule has 1 aromatic carbocycles. The zero-order valence-corrected chi connectivity index (χ0v) is 11.5. The van der Waals surface area contributed by atoms with E-state index in [-0.39, 0.29) is 5.54 Å². The van der Waals surface area contributed by atoms with E-state index in [0.29, 0.717) is 6.10 Å². The van der Waals surface area contributed by atoms with Crippen LogP contribution in [0.3, 0.4) is 0 Å². The van der Waals surface area contributed by atoms with Gasteiger partial charge in [-0.05, 0) is 50.9 Å². The Labute approximate surface area is 109 Å². The minimum Gasteiger partial charge on any atom is -0.497 e. The molecule has 1 saturated heterocycles. The van der Waals surface area contributed by atoms with Crippen molar-refractivity contribution in [1.29, 1.82) is 0 Å². The fourth-order valence-corrected chi connectivity index (χ4v) is 2.35. The topological polar surface area (TPSA) is 30.5 Å². The summed E-state index contributed by atoms with van der Waals surface area (Å²) >= 11 is 0. The predicted molar refractivity (Wildman–Crippen MR) is 73.1 cm³/mol. The molecule has 1 fully saturated rings. The van der Waals surface area contributed by atoms with Gasteiger partial charge in [0.15, 0.2) is 0 Å². The number of methoxy groups -OCH3 is 1. The van der Waals surface area contributed by atoms with Crippen LogP contribution in [-0.4, -0.2) is 31.9 Å². The second-order valence-electron chi connectivity index (χ2n) is 5.21. The van der Waals surface area contributed by atoms with Crippen molar-refractivity contribution >= 4 is 0 Å². The summed E-state index contributed by atoms with van der Waals surface area (Å²) in [6.07, 6.45) is 2.43. The van der Waals surface area contributed by atoms with Gasteiger partial charge in [-0.2, -0.15) is 0 Å². The van der Waals surface area contributed by atoms with Crippen LogP contribution in [0.1, 0.15) is 25.8 Å². The minimum absolute atomic E-state index is 0.131. The summed E-state index contributed by atoms with van der Waals surface area (Å²) in [5.74, 6) is 0.913. The van der Waals surface area contributed by atoms with E-state index in [2.05, 4.69) is 31.3 Å². The summed E-state index contributed by atoms with van der Waals surface area (Å²) in [6, 6.07) is 8.27. The molecular formula is C15H23NO2. The first-order chi connectivity index (χ1) is 8.64. The molecule has 1 heterocycles. The van der Waals surface area contributed by atoms with Crippen LogP contribution in [0.5, 0.6) is 5.75 Å². The largest absolute Gasteiger partial charge is 0.497 e. The zero-order valence-electron chi connectivity index (χ0n) is 11.5. The Kier molecular flexibility index (Phi) is 4.25. The van der Waals surface area contributed by atoms with Gasteiger partial charge in [0.2, 0.25) is 0 Å². The molecule has 0 saturated carbocycles. The molecule has 3 nitrogen and oxygen atoms in total. The Morgan fingerprint density at radius 1 is 1.39 bits per heavy atom. The summed E-state index contributed by atoms with van der Waals surface area (Å²) in [6.45, 7) is 6.25. The highest BCUT2D eigenvalue weighted by molar-refractivity contribution is 5.27. The molecule has 1 aromatic rings. The molecule has 0 spiro atoms. The number of hydrogen-bond acceptors (Lipinski definition) is 3. The molecular weight excluding hydrogens is 226 g/mol. The van der Waals surface area contributed by atoms with Crippen molar-refractivity contribution in [2.24, 2.45) is 0 Å². The van der Waals surface area contributed by atoms with Crippen molar-refractivity contribution in [1.82, 2.24) is 5.32 Å². The second-order valence-corrected chi connectivity index (χ2v) is 5.21. The molecule has 0 bridgehead atoms. The van der Waals surface area contributed by atoms with Crippen molar-refractivity contribution in [3.8, 4) is 5.75 Å². The third kappa shape index (κ3) is 3.03. The molecule has 2 unspecified atom stereocenters. The first-order valence-electron chi connectivity index (χ1n) is 6.63. The maximum Gasteiger partial charge on any atom is 0.118 e. The number of nitrogens with one attached hydrogen (secondary N) is 1. The highest BCUT2D eigenvalue weighted by Gasteiger charge is 2.35. The minimum atomic E-state index is 0.131. The quantitative estimate of drug-likeness (QED) is 0.869. The highest BCUT2D eigenvalue weighted by atomic mass is 16.5. The van der Waals surface area contributed by atoms with Crippen LogP contribution in [-0.2, 0) is 11.2 Å². The van der Waals surface area contributed by atoms with Gasteiger partial charge in [0.1, 0.15) is 5.75 Å². The second kappa shape index (κ2) is 5.72. The molecule has 1 aliphatic rings. The number of rotatable bonds is 5. The van der Waals surface area contributed by atoms with Crippen LogP contribution in [0.2, 0.25) is 0 Å². The summed E-state index contributed by atoms with van der Waals surface area (Å²) in [5, 5.41) is 3.63. The van der Waals surface area contributed by atoms with E-state index >= 15 is 0 Å². The number of benzene rings is 1. The van der Waals surface area contributed by atoms with Gasteiger partial charge < -0.3 is 14.8 Å². The Hall–Kier alpha value is -1.06. The van der Waals surface area contributed by atoms with E-state index < -0.39 is 0 Å². The Balaban J connectivity index is 1.81. The van der Waals surface area contributed by atoms with Gasteiger partial charge in [0.05, 0.1) is 13.2 Å².